The predicted molar refractivity (Wildman–Crippen MR) is 124 cm³/mol. The molecule has 0 spiro atoms. The van der Waals surface area contributed by atoms with Crippen LogP contribution < -0.4 is 25.2 Å². The number of nitrogens with two attached hydrogens (primary N) is 1. The molecule has 2 amide bonds. The predicted octanol–water partition coefficient (Wildman–Crippen LogP) is 3.16. The minimum atomic E-state index is -4.03. The molecule has 0 aliphatic rings. The van der Waals surface area contributed by atoms with E-state index >= 15 is 0 Å². The van der Waals surface area contributed by atoms with Gasteiger partial charge in [0.25, 0.3) is 10.0 Å². The number of nitriles is 1. The van der Waals surface area contributed by atoms with E-state index in [1.165, 1.54) is 41.8 Å². The number of rotatable bonds is 8. The van der Waals surface area contributed by atoms with Crippen LogP contribution in [0.4, 0.5) is 10.5 Å². The van der Waals surface area contributed by atoms with E-state index in [2.05, 4.69) is 16.4 Å². The maximum atomic E-state index is 11.9. The van der Waals surface area contributed by atoms with Gasteiger partial charge in [-0.1, -0.05) is 0 Å². The normalized spacial score (nSPS) is 11.4. The fourth-order valence-corrected chi connectivity index (χ4v) is 4.42. The van der Waals surface area contributed by atoms with Crippen molar-refractivity contribution in [3.63, 3.8) is 0 Å². The molecule has 1 heterocycles. The number of thiazole rings is 1. The van der Waals surface area contributed by atoms with Crippen LogP contribution in [0.25, 0.3) is 16.8 Å². The number of benzene rings is 2. The van der Waals surface area contributed by atoms with Gasteiger partial charge in [-0.05, 0) is 42.5 Å². The second-order valence-electron chi connectivity index (χ2n) is 6.42. The number of hydrogen-bond acceptors (Lipinski definition) is 9. The number of nitrogens with zero attached hydrogens (tertiary/aromatic N) is 2. The Balaban J connectivity index is 1.78. The topological polar surface area (TPSA) is 156 Å². The first-order valence-corrected chi connectivity index (χ1v) is 11.6. The number of carbonyl (C=O) groups excluding carboxylic acids is 1. The molecule has 0 atom stereocenters. The van der Waals surface area contributed by atoms with E-state index in [0.29, 0.717) is 33.5 Å². The lowest BCUT2D eigenvalue weighted by Gasteiger charge is -2.08. The zero-order valence-electron chi connectivity index (χ0n) is 17.5. The Morgan fingerprint density at radius 1 is 1.15 bits per heavy atom. The summed E-state index contributed by atoms with van der Waals surface area (Å²) in [5.41, 5.74) is 7.16. The number of aromatic nitrogens is 1. The monoisotopic (exact) mass is 485 g/mol. The standard InChI is InChI=1S/C21H19N5O5S2/c1-30-18-8-3-13(9-19(18)31-2)17-12-32-20(25-17)14(10-22)11-24-15-4-6-16(7-5-15)33(28,29)26-21(23)27/h3-9,11-12,24H,1-2H3,(H3,23,26,27)/b14-11-. The highest BCUT2D eigenvalue weighted by Gasteiger charge is 2.15. The van der Waals surface area contributed by atoms with Gasteiger partial charge < -0.3 is 20.5 Å². The number of methoxy groups -OCH3 is 2. The summed E-state index contributed by atoms with van der Waals surface area (Å²) in [6.07, 6.45) is 1.47. The average molecular weight is 486 g/mol. The number of primary amides is 1. The van der Waals surface area contributed by atoms with Crippen molar-refractivity contribution in [3.05, 3.63) is 59.1 Å². The lowest BCUT2D eigenvalue weighted by molar-refractivity contribution is 0.253. The summed E-state index contributed by atoms with van der Waals surface area (Å²) < 4.78 is 36.1. The molecule has 170 valence electrons. The van der Waals surface area contributed by atoms with Crippen LogP contribution in [0.5, 0.6) is 11.5 Å². The lowest BCUT2D eigenvalue weighted by atomic mass is 10.1. The third kappa shape index (κ3) is 5.59. The summed E-state index contributed by atoms with van der Waals surface area (Å²) in [7, 11) is -0.930. The van der Waals surface area contributed by atoms with E-state index < -0.39 is 16.1 Å². The van der Waals surface area contributed by atoms with E-state index in [9.17, 15) is 18.5 Å². The third-order valence-electron chi connectivity index (χ3n) is 4.32. The first kappa shape index (κ1) is 23.6. The molecule has 3 rings (SSSR count). The molecule has 0 unspecified atom stereocenters. The molecular formula is C21H19N5O5S2. The zero-order valence-corrected chi connectivity index (χ0v) is 19.2. The summed E-state index contributed by atoms with van der Waals surface area (Å²) >= 11 is 1.30. The number of sulfonamides is 1. The highest BCUT2D eigenvalue weighted by atomic mass is 32.2. The van der Waals surface area contributed by atoms with Crippen LogP contribution in [0.15, 0.2) is 58.9 Å². The maximum Gasteiger partial charge on any atom is 0.326 e. The van der Waals surface area contributed by atoms with Crippen molar-refractivity contribution < 1.29 is 22.7 Å². The van der Waals surface area contributed by atoms with Crippen molar-refractivity contribution in [2.45, 2.75) is 4.90 Å². The molecule has 10 nitrogen and oxygen atoms in total. The summed E-state index contributed by atoms with van der Waals surface area (Å²) in [4.78, 5) is 15.2. The lowest BCUT2D eigenvalue weighted by Crippen LogP contribution is -2.34. The summed E-state index contributed by atoms with van der Waals surface area (Å²) in [6.45, 7) is 0. The molecule has 0 fully saturated rings. The van der Waals surface area contributed by atoms with Crippen LogP contribution >= 0.6 is 11.3 Å². The van der Waals surface area contributed by atoms with E-state index in [1.807, 2.05) is 11.4 Å². The molecule has 3 aromatic rings. The van der Waals surface area contributed by atoms with Gasteiger partial charge in [0, 0.05) is 22.8 Å². The van der Waals surface area contributed by atoms with Crippen LogP contribution in [0.2, 0.25) is 0 Å². The van der Waals surface area contributed by atoms with Crippen LogP contribution in [-0.4, -0.2) is 33.7 Å². The van der Waals surface area contributed by atoms with Crippen molar-refractivity contribution in [3.8, 4) is 28.8 Å². The van der Waals surface area contributed by atoms with Gasteiger partial charge in [-0.25, -0.2) is 22.9 Å². The number of carbonyl (C=O) groups is 1. The van der Waals surface area contributed by atoms with Crippen molar-refractivity contribution >= 4 is 38.7 Å². The van der Waals surface area contributed by atoms with Gasteiger partial charge in [-0.3, -0.25) is 0 Å². The Hall–Kier alpha value is -4.08. The molecule has 0 radical (unpaired) electrons. The third-order valence-corrected chi connectivity index (χ3v) is 6.56. The number of anilines is 1. The van der Waals surface area contributed by atoms with Crippen molar-refractivity contribution in [1.82, 2.24) is 9.71 Å². The average Bonchev–Trinajstić information content (AvgIpc) is 3.28. The number of hydrogen-bond donors (Lipinski definition) is 3. The Bertz CT molecular complexity index is 1340. The number of amides is 2. The van der Waals surface area contributed by atoms with Crippen LogP contribution in [0.3, 0.4) is 0 Å². The summed E-state index contributed by atoms with van der Waals surface area (Å²) in [6, 6.07) is 11.9. The maximum absolute atomic E-state index is 11.9. The largest absolute Gasteiger partial charge is 0.493 e. The SMILES string of the molecule is COc1ccc(-c2csc(/C(C#N)=C\Nc3ccc(S(=O)(=O)NC(N)=O)cc3)n2)cc1OC. The zero-order chi connectivity index (χ0) is 24.0. The van der Waals surface area contributed by atoms with Crippen molar-refractivity contribution in [2.24, 2.45) is 5.73 Å². The fraction of sp³-hybridized carbons (Fsp3) is 0.0952. The molecule has 0 aliphatic carbocycles. The van der Waals surface area contributed by atoms with E-state index in [-0.39, 0.29) is 4.90 Å². The molecule has 33 heavy (non-hydrogen) atoms. The molecular weight excluding hydrogens is 466 g/mol. The fourth-order valence-electron chi connectivity index (χ4n) is 2.74. The number of ether oxygens (including phenoxy) is 2. The van der Waals surface area contributed by atoms with Gasteiger partial charge in [-0.2, -0.15) is 5.26 Å². The number of allylic oxidation sites excluding steroid dienone is 1. The highest BCUT2D eigenvalue weighted by Crippen LogP contribution is 2.33. The molecule has 0 bridgehead atoms. The Kier molecular flexibility index (Phi) is 7.17. The van der Waals surface area contributed by atoms with E-state index in [0.717, 1.165) is 5.56 Å². The second-order valence-corrected chi connectivity index (χ2v) is 8.96. The minimum Gasteiger partial charge on any atom is -0.493 e. The summed E-state index contributed by atoms with van der Waals surface area (Å²) in [5, 5.41) is 14.8. The van der Waals surface area contributed by atoms with E-state index in [1.54, 1.807) is 31.1 Å². The summed E-state index contributed by atoms with van der Waals surface area (Å²) in [5.74, 6) is 1.17. The van der Waals surface area contributed by atoms with Crippen molar-refractivity contribution in [2.75, 3.05) is 19.5 Å². The van der Waals surface area contributed by atoms with Gasteiger partial charge in [0.1, 0.15) is 16.6 Å². The van der Waals surface area contributed by atoms with Crippen molar-refractivity contribution in [1.29, 1.82) is 5.26 Å². The van der Waals surface area contributed by atoms with Crippen LogP contribution in [0, 0.1) is 11.3 Å². The van der Waals surface area contributed by atoms with Gasteiger partial charge in [-0.15, -0.1) is 11.3 Å². The Labute approximate surface area is 194 Å². The number of nitrogens with one attached hydrogen (secondary N) is 2. The Morgan fingerprint density at radius 2 is 1.85 bits per heavy atom. The Morgan fingerprint density at radius 3 is 2.45 bits per heavy atom. The molecule has 0 saturated carbocycles. The molecule has 1 aromatic heterocycles. The first-order valence-electron chi connectivity index (χ1n) is 9.25. The van der Waals surface area contributed by atoms with Crippen LogP contribution in [0.1, 0.15) is 5.01 Å². The van der Waals surface area contributed by atoms with Crippen LogP contribution in [-0.2, 0) is 10.0 Å². The molecule has 4 N–H and O–H groups in total. The minimum absolute atomic E-state index is 0.129. The molecule has 2 aromatic carbocycles. The van der Waals surface area contributed by atoms with E-state index in [4.69, 9.17) is 15.2 Å². The molecule has 0 saturated heterocycles. The molecule has 0 aliphatic heterocycles. The molecule has 12 heteroatoms. The first-order chi connectivity index (χ1) is 15.8. The van der Waals surface area contributed by atoms with Gasteiger partial charge in [0.2, 0.25) is 0 Å². The number of urea groups is 1. The van der Waals surface area contributed by atoms with Gasteiger partial charge >= 0.3 is 6.03 Å². The highest BCUT2D eigenvalue weighted by molar-refractivity contribution is 7.90. The van der Waals surface area contributed by atoms with Gasteiger partial charge in [0.05, 0.1) is 24.8 Å². The smallest absolute Gasteiger partial charge is 0.326 e. The second kappa shape index (κ2) is 10.0. The van der Waals surface area contributed by atoms with Gasteiger partial charge in [0.15, 0.2) is 11.5 Å². The quantitative estimate of drug-likeness (QED) is 0.411.